The summed E-state index contributed by atoms with van der Waals surface area (Å²) in [7, 11) is 0. The van der Waals surface area contributed by atoms with E-state index in [-0.39, 0.29) is 10.6 Å². The van der Waals surface area contributed by atoms with Gasteiger partial charge in [-0.15, -0.1) is 0 Å². The van der Waals surface area contributed by atoms with Crippen LogP contribution in [0.1, 0.15) is 25.3 Å². The lowest BCUT2D eigenvalue weighted by Crippen LogP contribution is -2.47. The Kier molecular flexibility index (Phi) is 4.59. The van der Waals surface area contributed by atoms with Crippen molar-refractivity contribution in [3.05, 3.63) is 52.5 Å². The maximum atomic E-state index is 11.4. The van der Waals surface area contributed by atoms with Crippen LogP contribution in [0.15, 0.2) is 36.8 Å². The minimum atomic E-state index is -0.297. The van der Waals surface area contributed by atoms with Crippen LogP contribution in [-0.4, -0.2) is 41.1 Å². The van der Waals surface area contributed by atoms with Gasteiger partial charge in [0.2, 0.25) is 0 Å². The van der Waals surface area contributed by atoms with Crippen molar-refractivity contribution in [2.24, 2.45) is 0 Å². The first-order chi connectivity index (χ1) is 11.6. The first-order valence-corrected chi connectivity index (χ1v) is 8.10. The summed E-state index contributed by atoms with van der Waals surface area (Å²) in [4.78, 5) is 23.8. The Hall–Kier alpha value is -2.70. The van der Waals surface area contributed by atoms with Gasteiger partial charge in [-0.05, 0) is 17.5 Å². The van der Waals surface area contributed by atoms with Gasteiger partial charge >= 0.3 is 0 Å². The molecule has 1 aromatic carbocycles. The zero-order valence-electron chi connectivity index (χ0n) is 13.9. The molecular formula is C17H21N5O2. The summed E-state index contributed by atoms with van der Waals surface area (Å²) in [6.45, 7) is 7.16. The highest BCUT2D eigenvalue weighted by Crippen LogP contribution is 2.32. The Balaban J connectivity index is 1.80. The molecule has 1 aliphatic heterocycles. The molecule has 2 aromatic rings. The first kappa shape index (κ1) is 16.2. The zero-order chi connectivity index (χ0) is 17.1. The average Bonchev–Trinajstić information content (AvgIpc) is 2.62. The molecule has 0 bridgehead atoms. The van der Waals surface area contributed by atoms with Crippen LogP contribution in [0.2, 0.25) is 0 Å². The summed E-state index contributed by atoms with van der Waals surface area (Å²) in [5.74, 6) is 1.19. The number of aromatic nitrogens is 2. The lowest BCUT2D eigenvalue weighted by atomic mass is 10.0. The molecule has 0 spiro atoms. The van der Waals surface area contributed by atoms with E-state index in [4.69, 9.17) is 0 Å². The molecule has 1 saturated heterocycles. The molecule has 2 heterocycles. The van der Waals surface area contributed by atoms with Crippen molar-refractivity contribution in [3.8, 4) is 0 Å². The largest absolute Gasteiger partial charge is 0.362 e. The Morgan fingerprint density at radius 2 is 1.83 bits per heavy atom. The van der Waals surface area contributed by atoms with Crippen LogP contribution in [0, 0.1) is 10.1 Å². The fourth-order valence-electron chi connectivity index (χ4n) is 2.94. The second-order valence-electron chi connectivity index (χ2n) is 6.20. The van der Waals surface area contributed by atoms with E-state index in [1.165, 1.54) is 0 Å². The molecule has 0 unspecified atom stereocenters. The summed E-state index contributed by atoms with van der Waals surface area (Å²) in [6, 6.07) is 5.43. The van der Waals surface area contributed by atoms with E-state index in [1.807, 2.05) is 12.1 Å². The van der Waals surface area contributed by atoms with E-state index in [0.29, 0.717) is 11.6 Å². The number of piperazine rings is 1. The van der Waals surface area contributed by atoms with Gasteiger partial charge in [-0.3, -0.25) is 15.1 Å². The van der Waals surface area contributed by atoms with Crippen molar-refractivity contribution >= 4 is 17.2 Å². The molecule has 0 saturated carbocycles. The molecule has 1 aliphatic rings. The summed E-state index contributed by atoms with van der Waals surface area (Å²) in [5.41, 5.74) is 2.00. The highest BCUT2D eigenvalue weighted by Gasteiger charge is 2.25. The van der Waals surface area contributed by atoms with E-state index < -0.39 is 0 Å². The standard InChI is InChI=1S/C17H21N5O2/c1-13(2)14-3-4-15(22(23)24)16(11-14)20-7-9-21(10-8-20)17-12-18-5-6-19-17/h3-6,11-13H,7-10H2,1-2H3. The normalized spacial score (nSPS) is 15.0. The quantitative estimate of drug-likeness (QED) is 0.635. The molecule has 1 fully saturated rings. The minimum absolute atomic E-state index is 0.173. The van der Waals surface area contributed by atoms with Gasteiger partial charge in [0, 0.05) is 44.6 Å². The molecule has 0 N–H and O–H groups in total. The van der Waals surface area contributed by atoms with Crippen molar-refractivity contribution in [2.75, 3.05) is 36.0 Å². The monoisotopic (exact) mass is 327 g/mol. The zero-order valence-corrected chi connectivity index (χ0v) is 13.9. The Labute approximate surface area is 141 Å². The smallest absolute Gasteiger partial charge is 0.292 e. The maximum Gasteiger partial charge on any atom is 0.292 e. The van der Waals surface area contributed by atoms with Gasteiger partial charge < -0.3 is 9.80 Å². The Morgan fingerprint density at radius 1 is 1.12 bits per heavy atom. The molecule has 0 radical (unpaired) electrons. The molecule has 7 heteroatoms. The van der Waals surface area contributed by atoms with Crippen LogP contribution in [-0.2, 0) is 0 Å². The molecule has 126 valence electrons. The number of hydrogen-bond donors (Lipinski definition) is 0. The lowest BCUT2D eigenvalue weighted by Gasteiger charge is -2.36. The summed E-state index contributed by atoms with van der Waals surface area (Å²) < 4.78 is 0. The third kappa shape index (κ3) is 3.29. The highest BCUT2D eigenvalue weighted by atomic mass is 16.6. The molecule has 3 rings (SSSR count). The van der Waals surface area contributed by atoms with Crippen molar-refractivity contribution in [2.45, 2.75) is 19.8 Å². The van der Waals surface area contributed by atoms with Gasteiger partial charge in [0.15, 0.2) is 0 Å². The van der Waals surface area contributed by atoms with E-state index >= 15 is 0 Å². The van der Waals surface area contributed by atoms with Crippen LogP contribution in [0.4, 0.5) is 17.2 Å². The molecule has 1 aromatic heterocycles. The molecule has 0 aliphatic carbocycles. The first-order valence-electron chi connectivity index (χ1n) is 8.10. The third-order valence-electron chi connectivity index (χ3n) is 4.36. The van der Waals surface area contributed by atoms with Gasteiger partial charge in [0.1, 0.15) is 11.5 Å². The number of hydrogen-bond acceptors (Lipinski definition) is 6. The van der Waals surface area contributed by atoms with Gasteiger partial charge in [0.25, 0.3) is 5.69 Å². The average molecular weight is 327 g/mol. The number of nitro groups is 1. The lowest BCUT2D eigenvalue weighted by molar-refractivity contribution is -0.384. The molecule has 24 heavy (non-hydrogen) atoms. The van der Waals surface area contributed by atoms with E-state index in [2.05, 4.69) is 33.6 Å². The number of nitrogens with zero attached hydrogens (tertiary/aromatic N) is 5. The van der Waals surface area contributed by atoms with Crippen molar-refractivity contribution < 1.29 is 4.92 Å². The van der Waals surface area contributed by atoms with Crippen molar-refractivity contribution in [3.63, 3.8) is 0 Å². The molecular weight excluding hydrogens is 306 g/mol. The SMILES string of the molecule is CC(C)c1ccc([N+](=O)[O-])c(N2CCN(c3cnccn3)CC2)c1. The fourth-order valence-corrected chi connectivity index (χ4v) is 2.94. The highest BCUT2D eigenvalue weighted by molar-refractivity contribution is 5.65. The summed E-state index contributed by atoms with van der Waals surface area (Å²) >= 11 is 0. The van der Waals surface area contributed by atoms with Crippen LogP contribution >= 0.6 is 0 Å². The second-order valence-corrected chi connectivity index (χ2v) is 6.20. The topological polar surface area (TPSA) is 75.4 Å². The maximum absolute atomic E-state index is 11.4. The predicted octanol–water partition coefficient (Wildman–Crippen LogP) is 2.83. The van der Waals surface area contributed by atoms with Gasteiger partial charge in [-0.25, -0.2) is 4.98 Å². The number of nitro benzene ring substituents is 1. The summed E-state index contributed by atoms with van der Waals surface area (Å²) in [5, 5.41) is 11.4. The molecule has 7 nitrogen and oxygen atoms in total. The van der Waals surface area contributed by atoms with Gasteiger partial charge in [-0.2, -0.15) is 0 Å². The van der Waals surface area contributed by atoms with Crippen LogP contribution in [0.5, 0.6) is 0 Å². The third-order valence-corrected chi connectivity index (χ3v) is 4.36. The number of benzene rings is 1. The van der Waals surface area contributed by atoms with E-state index in [0.717, 1.165) is 37.6 Å². The van der Waals surface area contributed by atoms with Gasteiger partial charge in [0.05, 0.1) is 11.1 Å². The minimum Gasteiger partial charge on any atom is -0.362 e. The fraction of sp³-hybridized carbons (Fsp3) is 0.412. The predicted molar refractivity (Wildman–Crippen MR) is 93.6 cm³/mol. The molecule has 0 amide bonds. The van der Waals surface area contributed by atoms with Crippen molar-refractivity contribution in [1.29, 1.82) is 0 Å². The van der Waals surface area contributed by atoms with Crippen LogP contribution < -0.4 is 9.80 Å². The van der Waals surface area contributed by atoms with E-state index in [1.54, 1.807) is 24.7 Å². The van der Waals surface area contributed by atoms with E-state index in [9.17, 15) is 10.1 Å². The molecule has 0 atom stereocenters. The Morgan fingerprint density at radius 3 is 2.42 bits per heavy atom. The van der Waals surface area contributed by atoms with Crippen molar-refractivity contribution in [1.82, 2.24) is 9.97 Å². The van der Waals surface area contributed by atoms with Crippen LogP contribution in [0.3, 0.4) is 0 Å². The number of rotatable bonds is 4. The number of anilines is 2. The Bertz CT molecular complexity index is 712. The second kappa shape index (κ2) is 6.82. The van der Waals surface area contributed by atoms with Crippen LogP contribution in [0.25, 0.3) is 0 Å². The summed E-state index contributed by atoms with van der Waals surface area (Å²) in [6.07, 6.45) is 5.08. The van der Waals surface area contributed by atoms with Gasteiger partial charge in [-0.1, -0.05) is 19.9 Å².